The number of aryl methyl sites for hydroxylation is 2. The number of rotatable bonds is 4. The molecule has 2 N–H and O–H groups in total. The molecule has 122 valence electrons. The van der Waals surface area contributed by atoms with Crippen molar-refractivity contribution >= 4 is 24.0 Å². The van der Waals surface area contributed by atoms with Gasteiger partial charge >= 0.3 is 0 Å². The van der Waals surface area contributed by atoms with Gasteiger partial charge < -0.3 is 10.6 Å². The summed E-state index contributed by atoms with van der Waals surface area (Å²) >= 11 is 0. The number of halogens is 1. The fourth-order valence-electron chi connectivity index (χ4n) is 3.45. The lowest BCUT2D eigenvalue weighted by atomic mass is 10.1. The highest BCUT2D eigenvalue weighted by molar-refractivity contribution is 5.92. The summed E-state index contributed by atoms with van der Waals surface area (Å²) in [5.74, 6) is 0.0916. The van der Waals surface area contributed by atoms with Gasteiger partial charge in [-0.25, -0.2) is 0 Å². The van der Waals surface area contributed by atoms with E-state index in [1.807, 2.05) is 6.07 Å². The van der Waals surface area contributed by atoms with Gasteiger partial charge in [0.05, 0.1) is 6.54 Å². The van der Waals surface area contributed by atoms with Gasteiger partial charge in [0, 0.05) is 11.7 Å². The first kappa shape index (κ1) is 17.3. The third-order valence-corrected chi connectivity index (χ3v) is 4.71. The molecule has 5 heteroatoms. The van der Waals surface area contributed by atoms with E-state index in [-0.39, 0.29) is 18.3 Å². The van der Waals surface area contributed by atoms with E-state index in [9.17, 15) is 4.79 Å². The minimum absolute atomic E-state index is 0. The number of likely N-dealkylation sites (N-methyl/N-ethyl adjacent to an activating group) is 1. The fourth-order valence-corrected chi connectivity index (χ4v) is 3.45. The van der Waals surface area contributed by atoms with E-state index in [1.54, 1.807) is 0 Å². The van der Waals surface area contributed by atoms with Crippen LogP contribution in [0.3, 0.4) is 0 Å². The number of benzene rings is 1. The molecule has 0 radical (unpaired) electrons. The number of nitrogens with zero attached hydrogens (tertiary/aromatic N) is 1. The number of carbonyl (C=O) groups excluding carboxylic acids is 1. The van der Waals surface area contributed by atoms with Crippen molar-refractivity contribution in [3.8, 4) is 0 Å². The SMILES string of the molecule is CN(CC(=O)Nc1ccc2c(c1)CCC2)C1CCNCC1.Cl. The Morgan fingerprint density at radius 3 is 2.77 bits per heavy atom. The van der Waals surface area contributed by atoms with Crippen molar-refractivity contribution in [2.45, 2.75) is 38.1 Å². The normalized spacial score (nSPS) is 17.9. The van der Waals surface area contributed by atoms with Crippen LogP contribution < -0.4 is 10.6 Å². The van der Waals surface area contributed by atoms with E-state index < -0.39 is 0 Å². The summed E-state index contributed by atoms with van der Waals surface area (Å²) in [7, 11) is 2.05. The molecule has 1 aromatic rings. The smallest absolute Gasteiger partial charge is 0.238 e. The highest BCUT2D eigenvalue weighted by Crippen LogP contribution is 2.24. The second-order valence-corrected chi connectivity index (χ2v) is 6.28. The molecule has 0 atom stereocenters. The Kier molecular flexibility index (Phi) is 6.24. The van der Waals surface area contributed by atoms with E-state index in [0.717, 1.165) is 38.0 Å². The molecule has 0 saturated carbocycles. The Morgan fingerprint density at radius 2 is 2.00 bits per heavy atom. The number of carbonyl (C=O) groups is 1. The quantitative estimate of drug-likeness (QED) is 0.893. The van der Waals surface area contributed by atoms with Crippen LogP contribution in [-0.2, 0) is 17.6 Å². The number of piperidine rings is 1. The van der Waals surface area contributed by atoms with Crippen LogP contribution in [0.5, 0.6) is 0 Å². The number of fused-ring (bicyclic) bond motifs is 1. The number of anilines is 1. The largest absolute Gasteiger partial charge is 0.325 e. The van der Waals surface area contributed by atoms with Crippen LogP contribution in [0.4, 0.5) is 5.69 Å². The van der Waals surface area contributed by atoms with Crippen molar-refractivity contribution < 1.29 is 4.79 Å². The van der Waals surface area contributed by atoms with Gasteiger partial charge in [0.1, 0.15) is 0 Å². The van der Waals surface area contributed by atoms with Gasteiger partial charge in [-0.3, -0.25) is 9.69 Å². The highest BCUT2D eigenvalue weighted by Gasteiger charge is 2.20. The molecule has 3 rings (SSSR count). The second kappa shape index (κ2) is 7.95. The molecule has 22 heavy (non-hydrogen) atoms. The van der Waals surface area contributed by atoms with Crippen molar-refractivity contribution in [1.82, 2.24) is 10.2 Å². The van der Waals surface area contributed by atoms with Crippen molar-refractivity contribution in [1.29, 1.82) is 0 Å². The molecule has 1 aliphatic heterocycles. The van der Waals surface area contributed by atoms with Crippen molar-refractivity contribution in [3.05, 3.63) is 29.3 Å². The first-order chi connectivity index (χ1) is 10.2. The number of amides is 1. The molecule has 2 aliphatic rings. The van der Waals surface area contributed by atoms with Gasteiger partial charge in [-0.05, 0) is 75.5 Å². The molecule has 0 unspecified atom stereocenters. The van der Waals surface area contributed by atoms with Gasteiger partial charge in [-0.15, -0.1) is 12.4 Å². The average Bonchev–Trinajstić information content (AvgIpc) is 2.95. The van der Waals surface area contributed by atoms with E-state index >= 15 is 0 Å². The maximum atomic E-state index is 12.2. The molecule has 1 heterocycles. The minimum atomic E-state index is 0. The lowest BCUT2D eigenvalue weighted by Gasteiger charge is -2.31. The predicted octanol–water partition coefficient (Wildman–Crippen LogP) is 2.22. The van der Waals surface area contributed by atoms with E-state index in [2.05, 4.69) is 34.7 Å². The summed E-state index contributed by atoms with van der Waals surface area (Å²) < 4.78 is 0. The number of hydrogen-bond donors (Lipinski definition) is 2. The third kappa shape index (κ3) is 4.22. The predicted molar refractivity (Wildman–Crippen MR) is 92.9 cm³/mol. The van der Waals surface area contributed by atoms with Crippen LogP contribution in [0.1, 0.15) is 30.4 Å². The molecule has 0 bridgehead atoms. The van der Waals surface area contributed by atoms with Crippen LogP contribution in [-0.4, -0.2) is 43.5 Å². The van der Waals surface area contributed by atoms with E-state index in [0.29, 0.717) is 12.6 Å². The Balaban J connectivity index is 0.00000176. The minimum Gasteiger partial charge on any atom is -0.325 e. The highest BCUT2D eigenvalue weighted by atomic mass is 35.5. The van der Waals surface area contributed by atoms with E-state index in [1.165, 1.54) is 24.0 Å². The topological polar surface area (TPSA) is 44.4 Å². The Morgan fingerprint density at radius 1 is 1.27 bits per heavy atom. The van der Waals surface area contributed by atoms with Gasteiger partial charge in [0.25, 0.3) is 0 Å². The van der Waals surface area contributed by atoms with Crippen LogP contribution in [0.15, 0.2) is 18.2 Å². The standard InChI is InChI=1S/C17H25N3O.ClH/c1-20(16-7-9-18-10-8-16)12-17(21)19-15-6-5-13-3-2-4-14(13)11-15;/h5-6,11,16,18H,2-4,7-10,12H2,1H3,(H,19,21);1H. The van der Waals surface area contributed by atoms with Crippen LogP contribution >= 0.6 is 12.4 Å². The first-order valence-electron chi connectivity index (χ1n) is 8.05. The zero-order valence-corrected chi connectivity index (χ0v) is 14.0. The van der Waals surface area contributed by atoms with Crippen molar-refractivity contribution in [2.24, 2.45) is 0 Å². The Bertz CT molecular complexity index is 515. The number of nitrogens with one attached hydrogen (secondary N) is 2. The lowest BCUT2D eigenvalue weighted by Crippen LogP contribution is -2.44. The molecular formula is C17H26ClN3O. The summed E-state index contributed by atoms with van der Waals surface area (Å²) in [5, 5.41) is 6.40. The van der Waals surface area contributed by atoms with Gasteiger partial charge in [0.2, 0.25) is 5.91 Å². The van der Waals surface area contributed by atoms with Crippen LogP contribution in [0.25, 0.3) is 0 Å². The molecule has 1 aliphatic carbocycles. The summed E-state index contributed by atoms with van der Waals surface area (Å²) in [6, 6.07) is 6.86. The summed E-state index contributed by atoms with van der Waals surface area (Å²) in [4.78, 5) is 14.4. The zero-order chi connectivity index (χ0) is 14.7. The Labute approximate surface area is 139 Å². The summed E-state index contributed by atoms with van der Waals surface area (Å²) in [6.07, 6.45) is 5.83. The van der Waals surface area contributed by atoms with Crippen LogP contribution in [0, 0.1) is 0 Å². The lowest BCUT2D eigenvalue weighted by molar-refractivity contribution is -0.117. The monoisotopic (exact) mass is 323 g/mol. The molecule has 0 spiro atoms. The van der Waals surface area contributed by atoms with Gasteiger partial charge in [0.15, 0.2) is 0 Å². The molecule has 1 aromatic carbocycles. The molecule has 0 aromatic heterocycles. The molecule has 1 saturated heterocycles. The maximum Gasteiger partial charge on any atom is 0.238 e. The van der Waals surface area contributed by atoms with Gasteiger partial charge in [-0.1, -0.05) is 6.07 Å². The van der Waals surface area contributed by atoms with Crippen molar-refractivity contribution in [3.63, 3.8) is 0 Å². The average molecular weight is 324 g/mol. The second-order valence-electron chi connectivity index (χ2n) is 6.28. The molecule has 4 nitrogen and oxygen atoms in total. The maximum absolute atomic E-state index is 12.2. The Hall–Kier alpha value is -1.10. The van der Waals surface area contributed by atoms with E-state index in [4.69, 9.17) is 0 Å². The molecule has 1 amide bonds. The summed E-state index contributed by atoms with van der Waals surface area (Å²) in [5.41, 5.74) is 3.79. The molecule has 1 fully saturated rings. The first-order valence-corrected chi connectivity index (χ1v) is 8.05. The fraction of sp³-hybridized carbons (Fsp3) is 0.588. The number of hydrogen-bond acceptors (Lipinski definition) is 3. The van der Waals surface area contributed by atoms with Crippen LogP contribution in [0.2, 0.25) is 0 Å². The van der Waals surface area contributed by atoms with Crippen molar-refractivity contribution in [2.75, 3.05) is 32.0 Å². The summed E-state index contributed by atoms with van der Waals surface area (Å²) in [6.45, 7) is 2.59. The zero-order valence-electron chi connectivity index (χ0n) is 13.2. The molecular weight excluding hydrogens is 298 g/mol. The third-order valence-electron chi connectivity index (χ3n) is 4.71. The van der Waals surface area contributed by atoms with Gasteiger partial charge in [-0.2, -0.15) is 0 Å².